The van der Waals surface area contributed by atoms with Crippen molar-refractivity contribution in [2.24, 2.45) is 5.73 Å². The highest BCUT2D eigenvalue weighted by atomic mass is 32.2. The van der Waals surface area contributed by atoms with E-state index in [1.165, 1.54) is 12.1 Å². The van der Waals surface area contributed by atoms with Crippen molar-refractivity contribution in [1.82, 2.24) is 5.32 Å². The smallest absolute Gasteiger partial charge is 0.251 e. The fourth-order valence-corrected chi connectivity index (χ4v) is 1.59. The topological polar surface area (TPSA) is 55.1 Å². The fraction of sp³-hybridized carbons (Fsp3) is 0.400. The van der Waals surface area contributed by atoms with Crippen LogP contribution in [0.4, 0.5) is 4.39 Å². The van der Waals surface area contributed by atoms with Gasteiger partial charge in [-0.15, -0.1) is 0 Å². The lowest BCUT2D eigenvalue weighted by Gasteiger charge is -2.22. The summed E-state index contributed by atoms with van der Waals surface area (Å²) in [5.74, 6) is 4.40. The average molecular weight is 294 g/mol. The van der Waals surface area contributed by atoms with Gasteiger partial charge in [0.25, 0.3) is 5.91 Å². The molecule has 3 nitrogen and oxygen atoms in total. The van der Waals surface area contributed by atoms with Crippen LogP contribution < -0.4 is 11.1 Å². The molecule has 108 valence electrons. The quantitative estimate of drug-likeness (QED) is 0.835. The Morgan fingerprint density at radius 1 is 1.50 bits per heavy atom. The van der Waals surface area contributed by atoms with Crippen LogP contribution in [0.15, 0.2) is 18.2 Å². The molecule has 0 aliphatic carbocycles. The molecule has 0 radical (unpaired) electrons. The maximum absolute atomic E-state index is 13.7. The van der Waals surface area contributed by atoms with Crippen LogP contribution in [0.2, 0.25) is 0 Å². The lowest BCUT2D eigenvalue weighted by Crippen LogP contribution is -2.36. The Labute approximate surface area is 123 Å². The molecule has 0 bridgehead atoms. The molecule has 0 spiro atoms. The molecular weight excluding hydrogens is 275 g/mol. The van der Waals surface area contributed by atoms with Gasteiger partial charge >= 0.3 is 0 Å². The largest absolute Gasteiger partial charge is 0.351 e. The number of carbonyl (C=O) groups is 1. The Balaban J connectivity index is 2.78. The van der Waals surface area contributed by atoms with Crippen molar-refractivity contribution in [3.63, 3.8) is 0 Å². The van der Waals surface area contributed by atoms with Crippen molar-refractivity contribution < 1.29 is 9.18 Å². The highest BCUT2D eigenvalue weighted by Gasteiger charge is 2.17. The van der Waals surface area contributed by atoms with Gasteiger partial charge in [-0.2, -0.15) is 11.8 Å². The number of carbonyl (C=O) groups excluding carboxylic acids is 1. The van der Waals surface area contributed by atoms with Gasteiger partial charge in [-0.1, -0.05) is 11.8 Å². The van der Waals surface area contributed by atoms with Crippen LogP contribution in [-0.2, 0) is 0 Å². The van der Waals surface area contributed by atoms with Gasteiger partial charge < -0.3 is 11.1 Å². The van der Waals surface area contributed by atoms with Crippen LogP contribution in [0, 0.1) is 17.7 Å². The molecule has 0 aromatic heterocycles. The van der Waals surface area contributed by atoms with Gasteiger partial charge in [0.1, 0.15) is 5.82 Å². The number of hydrogen-bond acceptors (Lipinski definition) is 3. The van der Waals surface area contributed by atoms with Crippen LogP contribution >= 0.6 is 11.8 Å². The second-order valence-electron chi connectivity index (χ2n) is 4.85. The fourth-order valence-electron chi connectivity index (χ4n) is 1.37. The van der Waals surface area contributed by atoms with Crippen LogP contribution in [0.1, 0.15) is 29.8 Å². The first kappa shape index (κ1) is 16.5. The zero-order chi connectivity index (χ0) is 15.2. The summed E-state index contributed by atoms with van der Waals surface area (Å²) in [7, 11) is 0. The second kappa shape index (κ2) is 7.32. The molecule has 0 aliphatic rings. The molecule has 20 heavy (non-hydrogen) atoms. The second-order valence-corrected chi connectivity index (χ2v) is 6.36. The van der Waals surface area contributed by atoms with E-state index in [-0.39, 0.29) is 28.3 Å². The molecule has 0 aliphatic heterocycles. The molecular formula is C15H19FN2OS. The maximum Gasteiger partial charge on any atom is 0.251 e. The Morgan fingerprint density at radius 3 is 2.75 bits per heavy atom. The molecule has 1 aromatic rings. The van der Waals surface area contributed by atoms with Crippen LogP contribution in [0.5, 0.6) is 0 Å². The first-order valence-electron chi connectivity index (χ1n) is 6.21. The Bertz CT molecular complexity index is 547. The molecule has 3 N–H and O–H groups in total. The molecule has 5 heteroatoms. The van der Waals surface area contributed by atoms with Crippen molar-refractivity contribution in [2.75, 3.05) is 19.3 Å². The summed E-state index contributed by atoms with van der Waals surface area (Å²) in [6.45, 7) is 4.75. The zero-order valence-corrected chi connectivity index (χ0v) is 12.7. The summed E-state index contributed by atoms with van der Waals surface area (Å²) >= 11 is 1.66. The summed E-state index contributed by atoms with van der Waals surface area (Å²) in [5, 5.41) is 2.80. The van der Waals surface area contributed by atoms with E-state index in [9.17, 15) is 9.18 Å². The van der Waals surface area contributed by atoms with E-state index in [2.05, 4.69) is 17.2 Å². The molecule has 0 heterocycles. The first-order chi connectivity index (χ1) is 9.39. The predicted molar refractivity (Wildman–Crippen MR) is 82.3 cm³/mol. The lowest BCUT2D eigenvalue weighted by atomic mass is 10.1. The van der Waals surface area contributed by atoms with Crippen molar-refractivity contribution in [3.8, 4) is 11.8 Å². The molecule has 0 atom stereocenters. The zero-order valence-electron chi connectivity index (χ0n) is 11.9. The van der Waals surface area contributed by atoms with Crippen LogP contribution in [0.3, 0.4) is 0 Å². The van der Waals surface area contributed by atoms with Crippen LogP contribution in [-0.4, -0.2) is 30.0 Å². The number of nitrogens with two attached hydrogens (primary N) is 1. The van der Waals surface area contributed by atoms with E-state index in [1.54, 1.807) is 17.8 Å². The minimum atomic E-state index is -0.511. The summed E-state index contributed by atoms with van der Waals surface area (Å²) in [5.41, 5.74) is 5.77. The minimum Gasteiger partial charge on any atom is -0.351 e. The first-order valence-corrected chi connectivity index (χ1v) is 7.44. The van der Waals surface area contributed by atoms with Gasteiger partial charge in [0, 0.05) is 16.9 Å². The number of hydrogen-bond donors (Lipinski definition) is 2. The third-order valence-electron chi connectivity index (χ3n) is 2.78. The van der Waals surface area contributed by atoms with Crippen molar-refractivity contribution in [3.05, 3.63) is 35.1 Å². The monoisotopic (exact) mass is 294 g/mol. The minimum absolute atomic E-state index is 0.0548. The van der Waals surface area contributed by atoms with E-state index in [0.717, 1.165) is 0 Å². The van der Waals surface area contributed by atoms with Gasteiger partial charge in [0.05, 0.1) is 12.1 Å². The van der Waals surface area contributed by atoms with Gasteiger partial charge in [0.2, 0.25) is 0 Å². The molecule has 0 saturated heterocycles. The van der Waals surface area contributed by atoms with E-state index < -0.39 is 5.82 Å². The average Bonchev–Trinajstić information content (AvgIpc) is 2.43. The molecule has 0 unspecified atom stereocenters. The Hall–Kier alpha value is -1.51. The molecule has 1 rings (SSSR count). The summed E-state index contributed by atoms with van der Waals surface area (Å²) in [6, 6.07) is 4.25. The molecule has 1 amide bonds. The molecule has 0 saturated carbocycles. The van der Waals surface area contributed by atoms with Crippen molar-refractivity contribution >= 4 is 17.7 Å². The lowest BCUT2D eigenvalue weighted by molar-refractivity contribution is 0.0950. The van der Waals surface area contributed by atoms with Gasteiger partial charge in [0.15, 0.2) is 0 Å². The van der Waals surface area contributed by atoms with Crippen molar-refractivity contribution in [2.45, 2.75) is 18.6 Å². The Kier molecular flexibility index (Phi) is 6.05. The molecule has 0 fully saturated rings. The standard InChI is InChI=1S/C15H19FN2OS/c1-15(2,20-3)10-18-14(19)12-7-6-11(5-4-8-17)13(16)9-12/h6-7,9H,8,10,17H2,1-3H3,(H,18,19). The number of benzene rings is 1. The summed E-state index contributed by atoms with van der Waals surface area (Å²) in [4.78, 5) is 11.9. The van der Waals surface area contributed by atoms with E-state index in [0.29, 0.717) is 6.54 Å². The van der Waals surface area contributed by atoms with Gasteiger partial charge in [-0.05, 0) is 38.3 Å². The third kappa shape index (κ3) is 4.87. The van der Waals surface area contributed by atoms with Crippen molar-refractivity contribution in [1.29, 1.82) is 0 Å². The number of nitrogens with one attached hydrogen (secondary N) is 1. The summed E-state index contributed by atoms with van der Waals surface area (Å²) in [6.07, 6.45) is 1.98. The van der Waals surface area contributed by atoms with Gasteiger partial charge in [-0.25, -0.2) is 4.39 Å². The molecule has 1 aromatic carbocycles. The third-order valence-corrected chi connectivity index (χ3v) is 4.03. The SMILES string of the molecule is CSC(C)(C)CNC(=O)c1ccc(C#CCN)c(F)c1. The summed E-state index contributed by atoms with van der Waals surface area (Å²) < 4.78 is 13.7. The van der Waals surface area contributed by atoms with E-state index in [4.69, 9.17) is 5.73 Å². The van der Waals surface area contributed by atoms with Gasteiger partial charge in [-0.3, -0.25) is 4.79 Å². The number of thioether (sulfide) groups is 1. The highest BCUT2D eigenvalue weighted by molar-refractivity contribution is 7.99. The maximum atomic E-state index is 13.7. The van der Waals surface area contributed by atoms with E-state index >= 15 is 0 Å². The number of rotatable bonds is 4. The normalized spacial score (nSPS) is 10.7. The number of halogens is 1. The number of amides is 1. The van der Waals surface area contributed by atoms with E-state index in [1.807, 2.05) is 20.1 Å². The van der Waals surface area contributed by atoms with Crippen LogP contribution in [0.25, 0.3) is 0 Å². The Morgan fingerprint density at radius 2 is 2.20 bits per heavy atom. The highest BCUT2D eigenvalue weighted by Crippen LogP contribution is 2.19. The predicted octanol–water partition coefficient (Wildman–Crippen LogP) is 2.01.